The number of hydrogen-bond acceptors (Lipinski definition) is 6. The molecule has 2 heterocycles. The van der Waals surface area contributed by atoms with Crippen molar-refractivity contribution in [2.75, 3.05) is 5.75 Å². The minimum Gasteiger partial charge on any atom is -0.461 e. The molecule has 33 heavy (non-hydrogen) atoms. The molecule has 4 rings (SSSR count). The maximum Gasteiger partial charge on any atom is 0.329 e. The van der Waals surface area contributed by atoms with E-state index in [2.05, 4.69) is 20.3 Å². The van der Waals surface area contributed by atoms with E-state index in [9.17, 15) is 9.59 Å². The highest BCUT2D eigenvalue weighted by atomic mass is 32.2. The molecule has 0 aliphatic heterocycles. The molecule has 168 valence electrons. The summed E-state index contributed by atoms with van der Waals surface area (Å²) in [4.78, 5) is 38.5. The highest BCUT2D eigenvalue weighted by Crippen LogP contribution is 2.22. The molecule has 0 aliphatic carbocycles. The minimum atomic E-state index is -0.782. The topological polar surface area (TPSA) is 97.0 Å². The summed E-state index contributed by atoms with van der Waals surface area (Å²) in [5.74, 6) is 0.253. The number of esters is 1. The predicted molar refractivity (Wildman–Crippen MR) is 129 cm³/mol. The maximum atomic E-state index is 13.0. The fourth-order valence-corrected chi connectivity index (χ4v) is 4.15. The number of pyridine rings is 1. The van der Waals surface area contributed by atoms with E-state index < -0.39 is 12.0 Å². The van der Waals surface area contributed by atoms with Crippen molar-refractivity contribution in [2.24, 2.45) is 0 Å². The first-order valence-electron chi connectivity index (χ1n) is 10.6. The quantitative estimate of drug-likeness (QED) is 0.298. The van der Waals surface area contributed by atoms with Crippen LogP contribution >= 0.6 is 11.8 Å². The molecule has 7 nitrogen and oxygen atoms in total. The first-order chi connectivity index (χ1) is 16.0. The number of hydrogen-bond donors (Lipinski definition) is 2. The van der Waals surface area contributed by atoms with Crippen LogP contribution in [-0.2, 0) is 9.53 Å². The average Bonchev–Trinajstić information content (AvgIpc) is 3.26. The summed E-state index contributed by atoms with van der Waals surface area (Å²) in [6.07, 6.45) is 3.13. The molecule has 0 radical (unpaired) electrons. The standard InChI is InChI=1S/C25H24N4O3S/c1-16(2)32-25(31)22(15-33-19-6-4-3-5-7-19)29-24(30)18-8-9-20-21(14-18)28-23(27-20)17-10-12-26-13-11-17/h3-14,16,22H,15H2,1-2H3,(H,27,28)(H,29,30). The molecule has 1 atom stereocenters. The van der Waals surface area contributed by atoms with Gasteiger partial charge in [-0.15, -0.1) is 11.8 Å². The van der Waals surface area contributed by atoms with Crippen molar-refractivity contribution < 1.29 is 14.3 Å². The van der Waals surface area contributed by atoms with Crippen LogP contribution < -0.4 is 5.32 Å². The highest BCUT2D eigenvalue weighted by Gasteiger charge is 2.24. The number of rotatable bonds is 8. The van der Waals surface area contributed by atoms with E-state index in [0.29, 0.717) is 17.1 Å². The summed E-state index contributed by atoms with van der Waals surface area (Å²) in [5.41, 5.74) is 2.81. The summed E-state index contributed by atoms with van der Waals surface area (Å²) < 4.78 is 5.37. The SMILES string of the molecule is CC(C)OC(=O)C(CSc1ccccc1)NC(=O)c1ccc2nc(-c3ccncc3)[nH]c2c1. The number of nitrogens with zero attached hydrogens (tertiary/aromatic N) is 2. The molecular weight excluding hydrogens is 436 g/mol. The Morgan fingerprint density at radius 1 is 1.06 bits per heavy atom. The largest absolute Gasteiger partial charge is 0.461 e. The molecule has 0 fully saturated rings. The zero-order chi connectivity index (χ0) is 23.2. The Morgan fingerprint density at radius 3 is 2.55 bits per heavy atom. The van der Waals surface area contributed by atoms with Gasteiger partial charge in [0.1, 0.15) is 11.9 Å². The van der Waals surface area contributed by atoms with Crippen molar-refractivity contribution in [3.8, 4) is 11.4 Å². The molecule has 4 aromatic rings. The third kappa shape index (κ3) is 5.78. The van der Waals surface area contributed by atoms with E-state index in [1.165, 1.54) is 11.8 Å². The predicted octanol–water partition coefficient (Wildman–Crippen LogP) is 4.47. The van der Waals surface area contributed by atoms with Gasteiger partial charge in [0.25, 0.3) is 5.91 Å². The molecular formula is C25H24N4O3S. The van der Waals surface area contributed by atoms with Gasteiger partial charge in [-0.1, -0.05) is 18.2 Å². The lowest BCUT2D eigenvalue weighted by Crippen LogP contribution is -2.44. The van der Waals surface area contributed by atoms with Gasteiger partial charge < -0.3 is 15.0 Å². The van der Waals surface area contributed by atoms with Crippen LogP contribution in [0.5, 0.6) is 0 Å². The molecule has 0 aliphatic rings. The van der Waals surface area contributed by atoms with E-state index in [1.807, 2.05) is 42.5 Å². The summed E-state index contributed by atoms with van der Waals surface area (Å²) >= 11 is 1.49. The van der Waals surface area contributed by atoms with E-state index in [4.69, 9.17) is 4.74 Å². The van der Waals surface area contributed by atoms with Gasteiger partial charge in [0.15, 0.2) is 0 Å². The monoisotopic (exact) mass is 460 g/mol. The Bertz CT molecular complexity index is 1240. The molecule has 8 heteroatoms. The Hall–Kier alpha value is -3.65. The van der Waals surface area contributed by atoms with Crippen LogP contribution in [0.15, 0.2) is 78.0 Å². The average molecular weight is 461 g/mol. The number of benzene rings is 2. The number of carbonyl (C=O) groups excluding carboxylic acids is 2. The Kier molecular flexibility index (Phi) is 7.04. The number of nitrogens with one attached hydrogen (secondary N) is 2. The first-order valence-corrected chi connectivity index (χ1v) is 11.6. The number of thioether (sulfide) groups is 1. The van der Waals surface area contributed by atoms with Crippen molar-refractivity contribution in [2.45, 2.75) is 30.9 Å². The Morgan fingerprint density at radius 2 is 1.82 bits per heavy atom. The van der Waals surface area contributed by atoms with Crippen molar-refractivity contribution in [1.29, 1.82) is 0 Å². The van der Waals surface area contributed by atoms with Gasteiger partial charge in [0.2, 0.25) is 0 Å². The van der Waals surface area contributed by atoms with Gasteiger partial charge in [0, 0.05) is 34.2 Å². The molecule has 0 saturated heterocycles. The molecule has 2 N–H and O–H groups in total. The number of ether oxygens (including phenoxy) is 1. The summed E-state index contributed by atoms with van der Waals surface area (Å²) in [6.45, 7) is 3.57. The smallest absolute Gasteiger partial charge is 0.329 e. The molecule has 2 aromatic heterocycles. The van der Waals surface area contributed by atoms with Crippen LogP contribution in [0.3, 0.4) is 0 Å². The number of amides is 1. The second-order valence-electron chi connectivity index (χ2n) is 7.69. The third-order valence-corrected chi connectivity index (χ3v) is 5.90. The molecule has 1 amide bonds. The van der Waals surface area contributed by atoms with E-state index >= 15 is 0 Å². The van der Waals surface area contributed by atoms with E-state index in [0.717, 1.165) is 21.5 Å². The number of carbonyl (C=O) groups is 2. The number of H-pyrrole nitrogens is 1. The molecule has 2 aromatic carbocycles. The molecule has 0 bridgehead atoms. The maximum absolute atomic E-state index is 13.0. The van der Waals surface area contributed by atoms with Crippen molar-refractivity contribution in [3.63, 3.8) is 0 Å². The number of fused-ring (bicyclic) bond motifs is 1. The number of aromatic amines is 1. The van der Waals surface area contributed by atoms with Gasteiger partial charge in [-0.05, 0) is 56.3 Å². The van der Waals surface area contributed by atoms with Crippen LogP contribution in [0.1, 0.15) is 24.2 Å². The molecule has 0 saturated carbocycles. The number of aromatic nitrogens is 3. The van der Waals surface area contributed by atoms with Crippen LogP contribution in [0, 0.1) is 0 Å². The summed E-state index contributed by atoms with van der Waals surface area (Å²) in [7, 11) is 0. The lowest BCUT2D eigenvalue weighted by atomic mass is 10.1. The number of imidazole rings is 1. The Balaban J connectivity index is 1.51. The van der Waals surface area contributed by atoms with E-state index in [-0.39, 0.29) is 12.0 Å². The van der Waals surface area contributed by atoms with Gasteiger partial charge in [0.05, 0.1) is 17.1 Å². The van der Waals surface area contributed by atoms with Crippen LogP contribution in [0.2, 0.25) is 0 Å². The zero-order valence-corrected chi connectivity index (χ0v) is 19.1. The van der Waals surface area contributed by atoms with Crippen LogP contribution in [0.25, 0.3) is 22.4 Å². The Labute approximate surface area is 196 Å². The van der Waals surface area contributed by atoms with Crippen molar-refractivity contribution >= 4 is 34.7 Å². The zero-order valence-electron chi connectivity index (χ0n) is 18.3. The van der Waals surface area contributed by atoms with Gasteiger partial charge in [-0.25, -0.2) is 9.78 Å². The fourth-order valence-electron chi connectivity index (χ4n) is 3.22. The normalized spacial score (nSPS) is 12.0. The van der Waals surface area contributed by atoms with Crippen LogP contribution in [0.4, 0.5) is 0 Å². The highest BCUT2D eigenvalue weighted by molar-refractivity contribution is 7.99. The lowest BCUT2D eigenvalue weighted by molar-refractivity contribution is -0.149. The van der Waals surface area contributed by atoms with Gasteiger partial charge in [-0.3, -0.25) is 9.78 Å². The van der Waals surface area contributed by atoms with E-state index in [1.54, 1.807) is 44.4 Å². The first kappa shape index (κ1) is 22.5. The summed E-state index contributed by atoms with van der Waals surface area (Å²) in [6, 6.07) is 17.9. The van der Waals surface area contributed by atoms with Crippen molar-refractivity contribution in [1.82, 2.24) is 20.3 Å². The van der Waals surface area contributed by atoms with Crippen LogP contribution in [-0.4, -0.2) is 44.7 Å². The fraction of sp³-hybridized carbons (Fsp3) is 0.200. The third-order valence-electron chi connectivity index (χ3n) is 4.80. The second kappa shape index (κ2) is 10.3. The summed E-state index contributed by atoms with van der Waals surface area (Å²) in [5, 5.41) is 2.84. The lowest BCUT2D eigenvalue weighted by Gasteiger charge is -2.19. The van der Waals surface area contributed by atoms with Gasteiger partial charge in [-0.2, -0.15) is 0 Å². The molecule has 1 unspecified atom stereocenters. The second-order valence-corrected chi connectivity index (χ2v) is 8.78. The van der Waals surface area contributed by atoms with Gasteiger partial charge >= 0.3 is 5.97 Å². The minimum absolute atomic E-state index is 0.272. The molecule has 0 spiro atoms. The van der Waals surface area contributed by atoms with Crippen molar-refractivity contribution in [3.05, 3.63) is 78.6 Å².